The molecule has 1 fully saturated rings. The second-order valence-corrected chi connectivity index (χ2v) is 10.5. The van der Waals surface area contributed by atoms with Gasteiger partial charge in [0.2, 0.25) is 5.91 Å². The Balaban J connectivity index is 1.68. The Bertz CT molecular complexity index is 1050. The topological polar surface area (TPSA) is 75.4 Å². The van der Waals surface area contributed by atoms with Crippen molar-refractivity contribution in [3.63, 3.8) is 0 Å². The molecule has 1 aromatic heterocycles. The lowest BCUT2D eigenvalue weighted by Gasteiger charge is -2.29. The molecular formula is C24H29F4N3O2S. The first-order valence-electron chi connectivity index (χ1n) is 11.0. The number of primary amides is 1. The zero-order valence-electron chi connectivity index (χ0n) is 19.3. The Morgan fingerprint density at radius 3 is 2.35 bits per heavy atom. The molecule has 1 aliphatic rings. The minimum Gasteiger partial charge on any atom is -0.366 e. The smallest absolute Gasteiger partial charge is 0.366 e. The zero-order chi connectivity index (χ0) is 25.3. The number of aryl methyl sites for hydroxylation is 1. The fourth-order valence-electron chi connectivity index (χ4n) is 4.26. The van der Waals surface area contributed by atoms with E-state index in [4.69, 9.17) is 5.73 Å². The van der Waals surface area contributed by atoms with Crippen LogP contribution in [0.4, 0.5) is 17.6 Å². The van der Waals surface area contributed by atoms with Gasteiger partial charge < -0.3 is 16.0 Å². The molecule has 3 rings (SSSR count). The van der Waals surface area contributed by atoms with Crippen LogP contribution in [0.2, 0.25) is 0 Å². The minimum atomic E-state index is -4.37. The van der Waals surface area contributed by atoms with Gasteiger partial charge in [-0.25, -0.2) is 4.39 Å². The molecule has 10 heteroatoms. The van der Waals surface area contributed by atoms with Gasteiger partial charge >= 0.3 is 6.18 Å². The first-order chi connectivity index (χ1) is 15.8. The Morgan fingerprint density at radius 1 is 1.21 bits per heavy atom. The quantitative estimate of drug-likeness (QED) is 0.476. The number of nitrogens with zero attached hydrogens (tertiary/aromatic N) is 1. The van der Waals surface area contributed by atoms with E-state index in [1.165, 1.54) is 23.5 Å². The van der Waals surface area contributed by atoms with Crippen LogP contribution in [0, 0.1) is 18.2 Å². The first-order valence-corrected chi connectivity index (χ1v) is 11.8. The molecule has 3 N–H and O–H groups in total. The van der Waals surface area contributed by atoms with Gasteiger partial charge in [-0.3, -0.25) is 9.59 Å². The summed E-state index contributed by atoms with van der Waals surface area (Å²) in [5, 5.41) is 2.78. The van der Waals surface area contributed by atoms with Gasteiger partial charge in [0.05, 0.1) is 11.0 Å². The predicted octanol–water partition coefficient (Wildman–Crippen LogP) is 4.40. The monoisotopic (exact) mass is 499 g/mol. The Kier molecular flexibility index (Phi) is 7.72. The second-order valence-electron chi connectivity index (χ2n) is 9.16. The molecule has 0 unspecified atom stereocenters. The summed E-state index contributed by atoms with van der Waals surface area (Å²) in [5.74, 6) is -2.95. The number of carbonyl (C=O) groups excluding carboxylic acids is 2. The van der Waals surface area contributed by atoms with Crippen molar-refractivity contribution in [3.05, 3.63) is 57.0 Å². The number of halogens is 4. The number of nitrogens with one attached hydrogen (secondary N) is 1. The van der Waals surface area contributed by atoms with E-state index >= 15 is 0 Å². The number of benzene rings is 1. The fraction of sp³-hybridized carbons (Fsp3) is 0.500. The number of carbonyl (C=O) groups is 2. The number of nitrogens with two attached hydrogens (primary N) is 1. The summed E-state index contributed by atoms with van der Waals surface area (Å²) in [6, 6.07) is 7.38. The summed E-state index contributed by atoms with van der Waals surface area (Å²) in [5.41, 5.74) is 3.70. The van der Waals surface area contributed by atoms with Crippen molar-refractivity contribution >= 4 is 23.2 Å². The highest BCUT2D eigenvalue weighted by molar-refractivity contribution is 7.12. The molecule has 0 bridgehead atoms. The molecule has 1 aliphatic carbocycles. The molecule has 2 atom stereocenters. The largest absolute Gasteiger partial charge is 0.395 e. The van der Waals surface area contributed by atoms with Crippen molar-refractivity contribution in [1.82, 2.24) is 10.2 Å². The molecule has 2 aromatic rings. The maximum Gasteiger partial charge on any atom is 0.395 e. The van der Waals surface area contributed by atoms with E-state index in [0.29, 0.717) is 16.9 Å². The highest BCUT2D eigenvalue weighted by atomic mass is 32.1. The summed E-state index contributed by atoms with van der Waals surface area (Å²) in [4.78, 5) is 27.3. The van der Waals surface area contributed by atoms with E-state index in [1.54, 1.807) is 32.3 Å². The third-order valence-corrected chi connectivity index (χ3v) is 7.66. The summed E-state index contributed by atoms with van der Waals surface area (Å²) in [6.45, 7) is 2.01. The lowest BCUT2D eigenvalue weighted by atomic mass is 9.84. The van der Waals surface area contributed by atoms with Crippen molar-refractivity contribution in [2.75, 3.05) is 20.6 Å². The van der Waals surface area contributed by atoms with Crippen LogP contribution in [0.15, 0.2) is 30.3 Å². The molecule has 186 valence electrons. The van der Waals surface area contributed by atoms with E-state index in [0.717, 1.165) is 4.88 Å². The van der Waals surface area contributed by atoms with E-state index in [9.17, 15) is 27.2 Å². The van der Waals surface area contributed by atoms with Crippen LogP contribution in [0.1, 0.15) is 50.9 Å². The molecule has 0 aliphatic heterocycles. The molecule has 1 saturated carbocycles. The van der Waals surface area contributed by atoms with Crippen molar-refractivity contribution < 1.29 is 27.2 Å². The van der Waals surface area contributed by atoms with Crippen molar-refractivity contribution in [1.29, 1.82) is 0 Å². The normalized spacial score (nSPS) is 16.8. The highest BCUT2D eigenvalue weighted by Crippen LogP contribution is 2.66. The number of alkyl halides is 3. The highest BCUT2D eigenvalue weighted by Gasteiger charge is 2.67. The average Bonchev–Trinajstić information content (AvgIpc) is 3.44. The maximum absolute atomic E-state index is 14.1. The fourth-order valence-corrected chi connectivity index (χ4v) is 5.35. The van der Waals surface area contributed by atoms with Gasteiger partial charge in [-0.1, -0.05) is 6.07 Å². The van der Waals surface area contributed by atoms with Crippen molar-refractivity contribution in [3.8, 4) is 0 Å². The lowest BCUT2D eigenvalue weighted by Crippen LogP contribution is -2.42. The molecule has 34 heavy (non-hydrogen) atoms. The van der Waals surface area contributed by atoms with Crippen LogP contribution >= 0.6 is 11.3 Å². The Hall–Kier alpha value is -2.46. The summed E-state index contributed by atoms with van der Waals surface area (Å²) in [7, 11) is 3.59. The summed E-state index contributed by atoms with van der Waals surface area (Å²) in [6.07, 6.45) is -4.20. The van der Waals surface area contributed by atoms with E-state index in [-0.39, 0.29) is 37.4 Å². The second kappa shape index (κ2) is 10.0. The van der Waals surface area contributed by atoms with Crippen LogP contribution < -0.4 is 11.1 Å². The molecular weight excluding hydrogens is 470 g/mol. The van der Waals surface area contributed by atoms with Gasteiger partial charge in [0.25, 0.3) is 5.91 Å². The van der Waals surface area contributed by atoms with Crippen LogP contribution in [0.3, 0.4) is 0 Å². The number of amides is 2. The molecule has 1 heterocycles. The molecule has 0 spiro atoms. The number of hydrogen-bond acceptors (Lipinski definition) is 4. The van der Waals surface area contributed by atoms with Gasteiger partial charge in [0.15, 0.2) is 0 Å². The van der Waals surface area contributed by atoms with E-state index in [2.05, 4.69) is 5.32 Å². The van der Waals surface area contributed by atoms with Gasteiger partial charge in [0.1, 0.15) is 5.82 Å². The third-order valence-electron chi connectivity index (χ3n) is 6.55. The molecule has 1 aromatic carbocycles. The van der Waals surface area contributed by atoms with Crippen LogP contribution in [0.5, 0.6) is 0 Å². The van der Waals surface area contributed by atoms with Crippen molar-refractivity contribution in [2.45, 2.75) is 50.7 Å². The minimum absolute atomic E-state index is 0.0264. The van der Waals surface area contributed by atoms with E-state index in [1.807, 2.05) is 11.8 Å². The van der Waals surface area contributed by atoms with Gasteiger partial charge in [-0.05, 0) is 70.1 Å². The van der Waals surface area contributed by atoms with Crippen molar-refractivity contribution in [2.24, 2.45) is 11.1 Å². The van der Waals surface area contributed by atoms with E-state index < -0.39 is 35.1 Å². The SMILES string of the molecule is Cc1ccc([C@@H](CC(=O)NC[C@H](Cc2ccc(C(N)=O)c(F)c2)N(C)C)C2(C(F)(F)F)CC2)s1. The van der Waals surface area contributed by atoms with Gasteiger partial charge in [-0.15, -0.1) is 11.3 Å². The number of hydrogen-bond donors (Lipinski definition) is 2. The summed E-state index contributed by atoms with van der Waals surface area (Å²) >= 11 is 1.30. The standard InChI is InChI=1S/C24H29F4N3O2S/c1-14-4-7-20(34-14)18(23(8-9-23)24(26,27)28)12-21(32)30-13-16(31(2)3)10-15-5-6-17(22(29)33)19(25)11-15/h4-7,11,16,18H,8-10,12-13H2,1-3H3,(H2,29,33)(H,30,32)/t16-,18+/m0/s1. The van der Waals surface area contributed by atoms with Crippen LogP contribution in [-0.2, 0) is 11.2 Å². The lowest BCUT2D eigenvalue weighted by molar-refractivity contribution is -0.194. The Morgan fingerprint density at radius 2 is 1.88 bits per heavy atom. The van der Waals surface area contributed by atoms with Gasteiger partial charge in [0, 0.05) is 34.7 Å². The number of rotatable bonds is 10. The van der Waals surface area contributed by atoms with Crippen LogP contribution in [-0.4, -0.2) is 49.6 Å². The van der Waals surface area contributed by atoms with Gasteiger partial charge in [-0.2, -0.15) is 13.2 Å². The molecule has 0 saturated heterocycles. The molecule has 2 amide bonds. The summed E-state index contributed by atoms with van der Waals surface area (Å²) < 4.78 is 55.7. The average molecular weight is 500 g/mol. The zero-order valence-corrected chi connectivity index (χ0v) is 20.2. The predicted molar refractivity (Wildman–Crippen MR) is 123 cm³/mol. The molecule has 5 nitrogen and oxygen atoms in total. The van der Waals surface area contributed by atoms with Crippen LogP contribution in [0.25, 0.3) is 0 Å². The molecule has 0 radical (unpaired) electrons. The first kappa shape index (κ1) is 26.2. The maximum atomic E-state index is 14.1. The number of likely N-dealkylation sites (N-methyl/N-ethyl adjacent to an activating group) is 1. The third kappa shape index (κ3) is 5.78. The number of thiophene rings is 1. The Labute approximate surface area is 200 Å².